The lowest BCUT2D eigenvalue weighted by molar-refractivity contribution is 0.169. The zero-order valence-electron chi connectivity index (χ0n) is 14.8. The normalized spacial score (nSPS) is 15.4. The summed E-state index contributed by atoms with van der Waals surface area (Å²) in [6.07, 6.45) is 2.06. The maximum absolute atomic E-state index is 12.0. The second-order valence-corrected chi connectivity index (χ2v) is 6.34. The molecule has 0 bridgehead atoms. The Morgan fingerprint density at radius 2 is 2.12 bits per heavy atom. The van der Waals surface area contributed by atoms with Crippen LogP contribution in [0.1, 0.15) is 36.2 Å². The summed E-state index contributed by atoms with van der Waals surface area (Å²) >= 11 is 0. The molecule has 0 saturated carbocycles. The van der Waals surface area contributed by atoms with Gasteiger partial charge in [-0.05, 0) is 24.0 Å². The molecule has 0 fully saturated rings. The molecule has 3 rings (SSSR count). The lowest BCUT2D eigenvalue weighted by Crippen LogP contribution is -2.47. The van der Waals surface area contributed by atoms with Gasteiger partial charge in [-0.1, -0.05) is 36.3 Å². The number of hydrogen-bond donors (Lipinski definition) is 2. The minimum atomic E-state index is -0.210. The fourth-order valence-corrected chi connectivity index (χ4v) is 3.21. The topological polar surface area (TPSA) is 83.3 Å². The third-order valence-electron chi connectivity index (χ3n) is 4.62. The van der Waals surface area contributed by atoms with Gasteiger partial charge in [0.2, 0.25) is 5.89 Å². The van der Waals surface area contributed by atoms with Crippen molar-refractivity contribution in [3.63, 3.8) is 0 Å². The van der Waals surface area contributed by atoms with Crippen LogP contribution in [0.4, 0.5) is 4.79 Å². The van der Waals surface area contributed by atoms with E-state index in [2.05, 4.69) is 56.9 Å². The molecule has 1 aliphatic rings. The summed E-state index contributed by atoms with van der Waals surface area (Å²) in [4.78, 5) is 18.5. The number of amides is 2. The molecular weight excluding hydrogens is 318 g/mol. The van der Waals surface area contributed by atoms with Crippen LogP contribution in [0, 0.1) is 6.92 Å². The van der Waals surface area contributed by atoms with Crippen molar-refractivity contribution >= 4 is 6.03 Å². The minimum absolute atomic E-state index is 0.210. The monoisotopic (exact) mass is 343 g/mol. The molecule has 0 unspecified atom stereocenters. The largest absolute Gasteiger partial charge is 0.340 e. The van der Waals surface area contributed by atoms with E-state index >= 15 is 0 Å². The molecule has 7 nitrogen and oxygen atoms in total. The molecule has 25 heavy (non-hydrogen) atoms. The van der Waals surface area contributed by atoms with Crippen molar-refractivity contribution in [2.75, 3.05) is 13.1 Å². The standard InChI is InChI=1S/C18H25N5O2/c1-3-16(23-9-8-14-6-4-5-7-15(14)12-23)10-19-18(24)20-11-17-21-13(2)25-22-17/h4-7,16H,3,8-12H2,1-2H3,(H2,19,20,24)/t16-/m0/s1. The van der Waals surface area contributed by atoms with Crippen LogP contribution in [0.3, 0.4) is 0 Å². The van der Waals surface area contributed by atoms with Gasteiger partial charge in [0.05, 0.1) is 6.54 Å². The molecule has 1 aromatic carbocycles. The molecule has 2 heterocycles. The third kappa shape index (κ3) is 4.57. The zero-order chi connectivity index (χ0) is 17.6. The highest BCUT2D eigenvalue weighted by molar-refractivity contribution is 5.73. The number of urea groups is 1. The summed E-state index contributed by atoms with van der Waals surface area (Å²) in [5.74, 6) is 0.973. The van der Waals surface area contributed by atoms with E-state index < -0.39 is 0 Å². The van der Waals surface area contributed by atoms with E-state index in [1.165, 1.54) is 11.1 Å². The second-order valence-electron chi connectivity index (χ2n) is 6.34. The van der Waals surface area contributed by atoms with Crippen molar-refractivity contribution in [1.29, 1.82) is 0 Å². The van der Waals surface area contributed by atoms with Gasteiger partial charge >= 0.3 is 6.03 Å². The molecule has 0 spiro atoms. The molecule has 2 aromatic rings. The van der Waals surface area contributed by atoms with Gasteiger partial charge in [0, 0.05) is 32.6 Å². The number of fused-ring (bicyclic) bond motifs is 1. The van der Waals surface area contributed by atoms with Crippen LogP contribution < -0.4 is 10.6 Å². The Morgan fingerprint density at radius 3 is 2.84 bits per heavy atom. The van der Waals surface area contributed by atoms with Gasteiger partial charge in [0.15, 0.2) is 5.82 Å². The van der Waals surface area contributed by atoms with Crippen LogP contribution >= 0.6 is 0 Å². The number of rotatable bonds is 6. The summed E-state index contributed by atoms with van der Waals surface area (Å²) < 4.78 is 4.88. The molecule has 1 aromatic heterocycles. The first-order valence-electron chi connectivity index (χ1n) is 8.77. The van der Waals surface area contributed by atoms with Crippen LogP contribution in [0.15, 0.2) is 28.8 Å². The van der Waals surface area contributed by atoms with Crippen molar-refractivity contribution < 1.29 is 9.32 Å². The predicted octanol–water partition coefficient (Wildman–Crippen LogP) is 2.01. The van der Waals surface area contributed by atoms with E-state index in [-0.39, 0.29) is 12.6 Å². The fourth-order valence-electron chi connectivity index (χ4n) is 3.21. The van der Waals surface area contributed by atoms with Crippen LogP contribution in [0.5, 0.6) is 0 Å². The summed E-state index contributed by atoms with van der Waals surface area (Å²) in [6.45, 7) is 6.74. The molecule has 0 saturated heterocycles. The highest BCUT2D eigenvalue weighted by atomic mass is 16.5. The Bertz CT molecular complexity index is 715. The number of aryl methyl sites for hydroxylation is 1. The number of nitrogens with one attached hydrogen (secondary N) is 2. The van der Waals surface area contributed by atoms with E-state index in [0.717, 1.165) is 25.9 Å². The third-order valence-corrected chi connectivity index (χ3v) is 4.62. The van der Waals surface area contributed by atoms with Gasteiger partial charge in [0.1, 0.15) is 0 Å². The van der Waals surface area contributed by atoms with Crippen molar-refractivity contribution in [3.8, 4) is 0 Å². The van der Waals surface area contributed by atoms with Gasteiger partial charge in [-0.3, -0.25) is 4.90 Å². The average Bonchev–Trinajstić information content (AvgIpc) is 3.05. The van der Waals surface area contributed by atoms with Gasteiger partial charge in [-0.15, -0.1) is 0 Å². The maximum atomic E-state index is 12.0. The zero-order valence-corrected chi connectivity index (χ0v) is 14.8. The number of carbonyl (C=O) groups excluding carboxylic acids is 1. The number of carbonyl (C=O) groups is 1. The van der Waals surface area contributed by atoms with Crippen molar-refractivity contribution in [1.82, 2.24) is 25.7 Å². The van der Waals surface area contributed by atoms with Crippen LogP contribution in [-0.4, -0.2) is 40.2 Å². The predicted molar refractivity (Wildman–Crippen MR) is 93.9 cm³/mol. The van der Waals surface area contributed by atoms with Crippen LogP contribution in [-0.2, 0) is 19.5 Å². The smallest absolute Gasteiger partial charge is 0.315 e. The minimum Gasteiger partial charge on any atom is -0.340 e. The van der Waals surface area contributed by atoms with Gasteiger partial charge in [0.25, 0.3) is 0 Å². The lowest BCUT2D eigenvalue weighted by Gasteiger charge is -2.35. The molecule has 7 heteroatoms. The first-order chi connectivity index (χ1) is 12.2. The highest BCUT2D eigenvalue weighted by Gasteiger charge is 2.22. The SMILES string of the molecule is CC[C@@H](CNC(=O)NCc1noc(C)n1)N1CCc2ccccc2C1. The van der Waals surface area contributed by atoms with Crippen molar-refractivity contribution in [2.45, 2.75) is 45.8 Å². The number of aromatic nitrogens is 2. The Labute approximate surface area is 147 Å². The Balaban J connectivity index is 1.47. The molecule has 134 valence electrons. The van der Waals surface area contributed by atoms with E-state index in [0.29, 0.717) is 24.3 Å². The second kappa shape index (κ2) is 8.11. The molecule has 0 radical (unpaired) electrons. The Kier molecular flexibility index (Phi) is 5.65. The molecular formula is C18H25N5O2. The summed E-state index contributed by atoms with van der Waals surface area (Å²) in [7, 11) is 0. The first-order valence-corrected chi connectivity index (χ1v) is 8.77. The van der Waals surface area contributed by atoms with E-state index in [1.54, 1.807) is 6.92 Å². The average molecular weight is 343 g/mol. The summed E-state index contributed by atoms with van der Waals surface area (Å²) in [5, 5.41) is 9.47. The van der Waals surface area contributed by atoms with E-state index in [1.807, 2.05) is 0 Å². The molecule has 0 aliphatic carbocycles. The molecule has 2 N–H and O–H groups in total. The number of benzene rings is 1. The maximum Gasteiger partial charge on any atom is 0.315 e. The summed E-state index contributed by atoms with van der Waals surface area (Å²) in [6, 6.07) is 8.71. The highest BCUT2D eigenvalue weighted by Crippen LogP contribution is 2.21. The van der Waals surface area contributed by atoms with E-state index in [9.17, 15) is 4.79 Å². The lowest BCUT2D eigenvalue weighted by atomic mass is 9.98. The Hall–Kier alpha value is -2.41. The summed E-state index contributed by atoms with van der Waals surface area (Å²) in [5.41, 5.74) is 2.83. The van der Waals surface area contributed by atoms with E-state index in [4.69, 9.17) is 4.52 Å². The van der Waals surface area contributed by atoms with Gasteiger partial charge < -0.3 is 15.2 Å². The van der Waals surface area contributed by atoms with Crippen molar-refractivity contribution in [2.24, 2.45) is 0 Å². The van der Waals surface area contributed by atoms with Gasteiger partial charge in [-0.25, -0.2) is 4.79 Å². The van der Waals surface area contributed by atoms with Crippen LogP contribution in [0.25, 0.3) is 0 Å². The number of nitrogens with zero attached hydrogens (tertiary/aromatic N) is 3. The Morgan fingerprint density at radius 1 is 1.32 bits per heavy atom. The molecule has 1 aliphatic heterocycles. The quantitative estimate of drug-likeness (QED) is 0.838. The molecule has 1 atom stereocenters. The fraction of sp³-hybridized carbons (Fsp3) is 0.500. The first kappa shape index (κ1) is 17.4. The number of hydrogen-bond acceptors (Lipinski definition) is 5. The molecule has 2 amide bonds. The van der Waals surface area contributed by atoms with Gasteiger partial charge in [-0.2, -0.15) is 4.98 Å². The van der Waals surface area contributed by atoms with Crippen molar-refractivity contribution in [3.05, 3.63) is 47.1 Å². The van der Waals surface area contributed by atoms with Crippen LogP contribution in [0.2, 0.25) is 0 Å².